The summed E-state index contributed by atoms with van der Waals surface area (Å²) in [5.41, 5.74) is 0. The maximum absolute atomic E-state index is 8.17. The van der Waals surface area contributed by atoms with Crippen molar-refractivity contribution in [3.63, 3.8) is 0 Å². The van der Waals surface area contributed by atoms with Crippen LogP contribution >= 0.6 is 0 Å². The molecule has 0 aliphatic rings. The van der Waals surface area contributed by atoms with Crippen LogP contribution in [0.3, 0.4) is 0 Å². The Morgan fingerprint density at radius 2 is 1.56 bits per heavy atom. The first kappa shape index (κ1) is 17.7. The van der Waals surface area contributed by atoms with Gasteiger partial charge in [-0.25, -0.2) is 9.78 Å². The van der Waals surface area contributed by atoms with Gasteiger partial charge in [-0.3, -0.25) is 0 Å². The summed E-state index contributed by atoms with van der Waals surface area (Å²) in [5, 5.41) is 12.5. The van der Waals surface area contributed by atoms with Gasteiger partial charge in [-0.1, -0.05) is 43.2 Å². The number of rotatable bonds is 8. The Bertz CT molecular complexity index is 149. The Labute approximate surface area is 98.4 Å². The molecular formula is C12H24O4. The Morgan fingerprint density at radius 1 is 1.00 bits per heavy atom. The molecular weight excluding hydrogens is 208 g/mol. The molecule has 0 aromatic heterocycles. The third kappa shape index (κ3) is 23.3. The van der Waals surface area contributed by atoms with E-state index in [2.05, 4.69) is 14.8 Å². The van der Waals surface area contributed by atoms with Crippen LogP contribution in [0.15, 0.2) is 24.3 Å². The Hall–Kier alpha value is -0.680. The van der Waals surface area contributed by atoms with E-state index >= 15 is 0 Å². The summed E-state index contributed by atoms with van der Waals surface area (Å²) in [6, 6.07) is 0. The minimum atomic E-state index is 0.129. The first-order valence-corrected chi connectivity index (χ1v) is 5.63. The van der Waals surface area contributed by atoms with E-state index in [0.29, 0.717) is 13.2 Å². The van der Waals surface area contributed by atoms with Crippen LogP contribution in [0.2, 0.25) is 0 Å². The zero-order valence-electron chi connectivity index (χ0n) is 10.5. The minimum absolute atomic E-state index is 0.129. The fourth-order valence-corrected chi connectivity index (χ4v) is 0.519. The van der Waals surface area contributed by atoms with Crippen LogP contribution in [0.1, 0.15) is 33.6 Å². The number of allylic oxidation sites excluding steroid dienone is 3. The van der Waals surface area contributed by atoms with E-state index in [1.807, 2.05) is 32.9 Å². The van der Waals surface area contributed by atoms with Crippen molar-refractivity contribution in [2.45, 2.75) is 33.6 Å². The molecule has 0 amide bonds. The van der Waals surface area contributed by atoms with E-state index in [1.165, 1.54) is 0 Å². The van der Waals surface area contributed by atoms with E-state index in [4.69, 9.17) is 5.11 Å². The number of aliphatic hydroxyl groups is 1. The van der Waals surface area contributed by atoms with Crippen LogP contribution < -0.4 is 0 Å². The van der Waals surface area contributed by atoms with Crippen molar-refractivity contribution in [3.8, 4) is 0 Å². The average molecular weight is 232 g/mol. The topological polar surface area (TPSA) is 47.9 Å². The molecule has 96 valence electrons. The van der Waals surface area contributed by atoms with E-state index in [0.717, 1.165) is 12.8 Å². The van der Waals surface area contributed by atoms with Gasteiger partial charge in [0.05, 0.1) is 19.8 Å². The molecule has 4 nitrogen and oxygen atoms in total. The van der Waals surface area contributed by atoms with Crippen LogP contribution in [0.5, 0.6) is 0 Å². The molecule has 0 aliphatic heterocycles. The largest absolute Gasteiger partial charge is 0.392 e. The lowest BCUT2D eigenvalue weighted by molar-refractivity contribution is -0.512. The van der Waals surface area contributed by atoms with Gasteiger partial charge in [0.25, 0.3) is 0 Å². The minimum Gasteiger partial charge on any atom is -0.392 e. The van der Waals surface area contributed by atoms with Gasteiger partial charge in [0.15, 0.2) is 0 Å². The fraction of sp³-hybridized carbons (Fsp3) is 0.667. The SMILES string of the molecule is C/C=C/C=C/CO.CCCOOOCCC. The lowest BCUT2D eigenvalue weighted by atomic mass is 10.4. The molecule has 1 N–H and O–H groups in total. The molecule has 0 saturated heterocycles. The zero-order chi connectivity index (χ0) is 12.5. The third-order valence-corrected chi connectivity index (χ3v) is 1.22. The molecule has 0 heterocycles. The summed E-state index contributed by atoms with van der Waals surface area (Å²) in [6.07, 6.45) is 9.15. The fourth-order valence-electron chi connectivity index (χ4n) is 0.519. The average Bonchev–Trinajstić information content (AvgIpc) is 2.31. The van der Waals surface area contributed by atoms with Gasteiger partial charge in [-0.2, -0.15) is 0 Å². The van der Waals surface area contributed by atoms with Crippen LogP contribution in [0.4, 0.5) is 0 Å². The molecule has 0 aliphatic carbocycles. The summed E-state index contributed by atoms with van der Waals surface area (Å²) < 4.78 is 0. The second-order valence-corrected chi connectivity index (χ2v) is 2.85. The highest BCUT2D eigenvalue weighted by Crippen LogP contribution is 1.85. The van der Waals surface area contributed by atoms with Gasteiger partial charge in [0.1, 0.15) is 0 Å². The highest BCUT2D eigenvalue weighted by Gasteiger charge is 1.84. The lowest BCUT2D eigenvalue weighted by Gasteiger charge is -1.98. The first-order chi connectivity index (χ1) is 7.83. The molecule has 0 aromatic carbocycles. The van der Waals surface area contributed by atoms with E-state index in [1.54, 1.807) is 12.2 Å². The van der Waals surface area contributed by atoms with Gasteiger partial charge in [-0.05, 0) is 19.8 Å². The molecule has 4 heteroatoms. The Balaban J connectivity index is 0. The summed E-state index contributed by atoms with van der Waals surface area (Å²) in [5.74, 6) is 0. The summed E-state index contributed by atoms with van der Waals surface area (Å²) in [4.78, 5) is 9.13. The maximum atomic E-state index is 8.17. The van der Waals surface area contributed by atoms with E-state index < -0.39 is 0 Å². The van der Waals surface area contributed by atoms with Crippen molar-refractivity contribution in [2.75, 3.05) is 19.8 Å². The number of hydrogen-bond donors (Lipinski definition) is 1. The van der Waals surface area contributed by atoms with Gasteiger partial charge in [0.2, 0.25) is 0 Å². The van der Waals surface area contributed by atoms with Crippen LogP contribution in [-0.2, 0) is 14.8 Å². The van der Waals surface area contributed by atoms with Crippen molar-refractivity contribution in [1.82, 2.24) is 0 Å². The quantitative estimate of drug-likeness (QED) is 0.302. The summed E-state index contributed by atoms with van der Waals surface area (Å²) >= 11 is 0. The van der Waals surface area contributed by atoms with E-state index in [9.17, 15) is 0 Å². The standard InChI is InChI=1S/C6H14O3.C6H10O/c1-3-5-7-9-8-6-4-2;1-2-3-4-5-6-7/h3-6H2,1-2H3;2-5,7H,6H2,1H3/b;3-2+,5-4+. The van der Waals surface area contributed by atoms with Crippen molar-refractivity contribution in [3.05, 3.63) is 24.3 Å². The number of hydrogen-bond acceptors (Lipinski definition) is 4. The van der Waals surface area contributed by atoms with Gasteiger partial charge < -0.3 is 5.11 Å². The summed E-state index contributed by atoms with van der Waals surface area (Å²) in [6.45, 7) is 7.24. The zero-order valence-corrected chi connectivity index (χ0v) is 10.5. The molecule has 0 aromatic rings. The second kappa shape index (κ2) is 19.8. The predicted molar refractivity (Wildman–Crippen MR) is 64.6 cm³/mol. The van der Waals surface area contributed by atoms with Crippen molar-refractivity contribution >= 4 is 0 Å². The van der Waals surface area contributed by atoms with Gasteiger partial charge in [-0.15, -0.1) is 0 Å². The number of aliphatic hydroxyl groups excluding tert-OH is 1. The van der Waals surface area contributed by atoms with Crippen molar-refractivity contribution in [1.29, 1.82) is 0 Å². The molecule has 16 heavy (non-hydrogen) atoms. The van der Waals surface area contributed by atoms with Gasteiger partial charge in [0, 0.05) is 0 Å². The molecule has 0 unspecified atom stereocenters. The smallest absolute Gasteiger partial charge is 0.0851 e. The molecule has 0 saturated carbocycles. The highest BCUT2D eigenvalue weighted by molar-refractivity contribution is 5.00. The second-order valence-electron chi connectivity index (χ2n) is 2.85. The van der Waals surface area contributed by atoms with E-state index in [-0.39, 0.29) is 6.61 Å². The molecule has 0 fully saturated rings. The lowest BCUT2D eigenvalue weighted by Crippen LogP contribution is -1.97. The monoisotopic (exact) mass is 232 g/mol. The van der Waals surface area contributed by atoms with Gasteiger partial charge >= 0.3 is 0 Å². The molecule has 0 atom stereocenters. The van der Waals surface area contributed by atoms with Crippen molar-refractivity contribution in [2.24, 2.45) is 0 Å². The molecule has 0 radical (unpaired) electrons. The Morgan fingerprint density at radius 3 is 1.94 bits per heavy atom. The maximum Gasteiger partial charge on any atom is 0.0851 e. The van der Waals surface area contributed by atoms with Crippen molar-refractivity contribution < 1.29 is 19.9 Å². The molecule has 0 rings (SSSR count). The highest BCUT2D eigenvalue weighted by atomic mass is 17.5. The van der Waals surface area contributed by atoms with Crippen LogP contribution in [0.25, 0.3) is 0 Å². The Kier molecular flexibility index (Phi) is 21.9. The van der Waals surface area contributed by atoms with Crippen LogP contribution in [-0.4, -0.2) is 24.9 Å². The molecule has 0 bridgehead atoms. The molecule has 0 spiro atoms. The summed E-state index contributed by atoms with van der Waals surface area (Å²) in [7, 11) is 0. The van der Waals surface area contributed by atoms with Crippen LogP contribution in [0, 0.1) is 0 Å². The predicted octanol–water partition coefficient (Wildman–Crippen LogP) is 2.80. The normalized spacial score (nSPS) is 10.8. The third-order valence-electron chi connectivity index (χ3n) is 1.22. The first-order valence-electron chi connectivity index (χ1n) is 5.63.